The van der Waals surface area contributed by atoms with Gasteiger partial charge >= 0.3 is 0 Å². The number of hydrogen-bond acceptors (Lipinski definition) is 5. The number of benzene rings is 3. The summed E-state index contributed by atoms with van der Waals surface area (Å²) >= 11 is 0. The van der Waals surface area contributed by atoms with Gasteiger partial charge in [-0.05, 0) is 84.9 Å². The summed E-state index contributed by atoms with van der Waals surface area (Å²) in [5.74, 6) is -0.170. The van der Waals surface area contributed by atoms with E-state index >= 15 is 0 Å². The Morgan fingerprint density at radius 1 is 0.865 bits per heavy atom. The molecule has 0 bridgehead atoms. The number of amides is 1. The van der Waals surface area contributed by atoms with Crippen molar-refractivity contribution in [2.75, 3.05) is 29.6 Å². The molecule has 2 heterocycles. The van der Waals surface area contributed by atoms with Gasteiger partial charge in [0.05, 0.1) is 16.6 Å². The predicted octanol–water partition coefficient (Wildman–Crippen LogP) is 5.87. The minimum Gasteiger partial charge on any atom is -0.378 e. The molecule has 184 valence electrons. The zero-order chi connectivity index (χ0) is 25.8. The summed E-state index contributed by atoms with van der Waals surface area (Å²) in [5.41, 5.74) is 5.98. The molecule has 0 aliphatic carbocycles. The maximum absolute atomic E-state index is 12.8. The number of nitrogens with zero attached hydrogens (tertiary/aromatic N) is 4. The lowest BCUT2D eigenvalue weighted by Crippen LogP contribution is -2.11. The van der Waals surface area contributed by atoms with Crippen LogP contribution in [0.4, 0.5) is 28.4 Å². The third-order valence-corrected chi connectivity index (χ3v) is 6.01. The SMILES string of the molecule is CN(C)c1ccc2nccc(Nc3ccc(C(=O)Nc4ccc(N=c5ccn(C)cc5)cc4)cc3)c2c1. The van der Waals surface area contributed by atoms with Gasteiger partial charge in [0, 0.05) is 73.4 Å². The second-order valence-electron chi connectivity index (χ2n) is 8.99. The summed E-state index contributed by atoms with van der Waals surface area (Å²) in [7, 11) is 6.00. The Morgan fingerprint density at radius 2 is 1.57 bits per heavy atom. The number of nitrogens with one attached hydrogen (secondary N) is 2. The van der Waals surface area contributed by atoms with Crippen LogP contribution in [0.1, 0.15) is 10.4 Å². The molecule has 0 atom stereocenters. The van der Waals surface area contributed by atoms with Crippen LogP contribution in [-0.2, 0) is 7.05 Å². The van der Waals surface area contributed by atoms with Crippen molar-refractivity contribution in [2.45, 2.75) is 0 Å². The zero-order valence-corrected chi connectivity index (χ0v) is 21.0. The van der Waals surface area contributed by atoms with Crippen LogP contribution in [0, 0.1) is 0 Å². The molecule has 0 radical (unpaired) electrons. The highest BCUT2D eigenvalue weighted by molar-refractivity contribution is 6.04. The summed E-state index contributed by atoms with van der Waals surface area (Å²) in [5, 5.41) is 8.32. The standard InChI is InChI=1S/C30H28N6O/c1-35(2)26-12-13-28-27(20-26)29(14-17-31-28)33-23-6-4-21(5-7-23)30(37)34-24-10-8-22(9-11-24)32-25-15-18-36(3)19-16-25/h4-20H,1-3H3,(H,31,33)(H,34,37). The first kappa shape index (κ1) is 23.8. The zero-order valence-electron chi connectivity index (χ0n) is 21.0. The lowest BCUT2D eigenvalue weighted by atomic mass is 10.1. The van der Waals surface area contributed by atoms with E-state index in [0.29, 0.717) is 11.3 Å². The van der Waals surface area contributed by atoms with Crippen molar-refractivity contribution in [3.05, 3.63) is 114 Å². The molecule has 37 heavy (non-hydrogen) atoms. The van der Waals surface area contributed by atoms with E-state index in [-0.39, 0.29) is 5.91 Å². The van der Waals surface area contributed by atoms with Crippen LogP contribution in [0.25, 0.3) is 10.9 Å². The molecule has 5 rings (SSSR count). The predicted molar refractivity (Wildman–Crippen MR) is 151 cm³/mol. The van der Waals surface area contributed by atoms with E-state index in [1.807, 2.05) is 111 Å². The average Bonchev–Trinajstić information content (AvgIpc) is 2.91. The molecule has 2 N–H and O–H groups in total. The van der Waals surface area contributed by atoms with Crippen molar-refractivity contribution in [3.63, 3.8) is 0 Å². The highest BCUT2D eigenvalue weighted by Crippen LogP contribution is 2.28. The molecule has 7 heteroatoms. The molecule has 0 aliphatic rings. The van der Waals surface area contributed by atoms with Crippen molar-refractivity contribution in [2.24, 2.45) is 12.0 Å². The fraction of sp³-hybridized carbons (Fsp3) is 0.100. The first-order chi connectivity index (χ1) is 17.9. The first-order valence-corrected chi connectivity index (χ1v) is 12.0. The molecule has 0 saturated heterocycles. The smallest absolute Gasteiger partial charge is 0.255 e. The lowest BCUT2D eigenvalue weighted by Gasteiger charge is -2.15. The van der Waals surface area contributed by atoms with Gasteiger partial charge in [-0.3, -0.25) is 9.78 Å². The number of aromatic nitrogens is 2. The van der Waals surface area contributed by atoms with Gasteiger partial charge < -0.3 is 20.1 Å². The topological polar surface area (TPSA) is 74.6 Å². The van der Waals surface area contributed by atoms with Gasteiger partial charge in [-0.2, -0.15) is 0 Å². The van der Waals surface area contributed by atoms with E-state index in [1.54, 1.807) is 6.20 Å². The number of carbonyl (C=O) groups excluding carboxylic acids is 1. The van der Waals surface area contributed by atoms with Crippen LogP contribution >= 0.6 is 0 Å². The normalized spacial score (nSPS) is 10.7. The number of pyridine rings is 2. The Balaban J connectivity index is 1.27. The largest absolute Gasteiger partial charge is 0.378 e. The average molecular weight is 489 g/mol. The number of carbonyl (C=O) groups is 1. The van der Waals surface area contributed by atoms with Crippen molar-refractivity contribution in [1.82, 2.24) is 9.55 Å². The van der Waals surface area contributed by atoms with Crippen molar-refractivity contribution >= 4 is 45.2 Å². The van der Waals surface area contributed by atoms with Crippen LogP contribution in [0.5, 0.6) is 0 Å². The summed E-state index contributed by atoms with van der Waals surface area (Å²) in [6.45, 7) is 0. The Kier molecular flexibility index (Phi) is 6.68. The minimum absolute atomic E-state index is 0.170. The molecule has 0 saturated carbocycles. The van der Waals surface area contributed by atoms with Crippen LogP contribution in [0.3, 0.4) is 0 Å². The van der Waals surface area contributed by atoms with Crippen LogP contribution in [-0.4, -0.2) is 29.6 Å². The third-order valence-electron chi connectivity index (χ3n) is 6.01. The van der Waals surface area contributed by atoms with Gasteiger partial charge in [0.25, 0.3) is 5.91 Å². The van der Waals surface area contributed by atoms with E-state index in [9.17, 15) is 4.79 Å². The molecular weight excluding hydrogens is 460 g/mol. The quantitative estimate of drug-likeness (QED) is 0.314. The molecule has 1 amide bonds. The van der Waals surface area contributed by atoms with Gasteiger partial charge in [0.15, 0.2) is 0 Å². The van der Waals surface area contributed by atoms with Gasteiger partial charge in [-0.15, -0.1) is 0 Å². The summed E-state index contributed by atoms with van der Waals surface area (Å²) in [6, 6.07) is 26.9. The molecule has 0 spiro atoms. The van der Waals surface area contributed by atoms with Crippen molar-refractivity contribution in [3.8, 4) is 0 Å². The lowest BCUT2D eigenvalue weighted by molar-refractivity contribution is 0.102. The maximum atomic E-state index is 12.8. The van der Waals surface area contributed by atoms with Gasteiger partial charge in [-0.25, -0.2) is 4.99 Å². The van der Waals surface area contributed by atoms with Gasteiger partial charge in [-0.1, -0.05) is 0 Å². The van der Waals surface area contributed by atoms with E-state index in [2.05, 4.69) is 37.6 Å². The van der Waals surface area contributed by atoms with Gasteiger partial charge in [0.2, 0.25) is 0 Å². The van der Waals surface area contributed by atoms with E-state index in [4.69, 9.17) is 0 Å². The Bertz CT molecular complexity index is 1600. The molecule has 7 nitrogen and oxygen atoms in total. The van der Waals surface area contributed by atoms with Crippen LogP contribution in [0.15, 0.2) is 109 Å². The van der Waals surface area contributed by atoms with E-state index in [1.165, 1.54) is 0 Å². The molecule has 5 aromatic rings. The Morgan fingerprint density at radius 3 is 2.27 bits per heavy atom. The van der Waals surface area contributed by atoms with Crippen molar-refractivity contribution < 1.29 is 4.79 Å². The third kappa shape index (κ3) is 5.67. The number of anilines is 4. The summed E-state index contributed by atoms with van der Waals surface area (Å²) in [4.78, 5) is 23.9. The molecular formula is C30H28N6O. The first-order valence-electron chi connectivity index (χ1n) is 12.0. The van der Waals surface area contributed by atoms with Crippen LogP contribution < -0.4 is 20.9 Å². The molecule has 3 aromatic carbocycles. The second-order valence-corrected chi connectivity index (χ2v) is 8.99. The fourth-order valence-corrected chi connectivity index (χ4v) is 3.92. The minimum atomic E-state index is -0.170. The number of rotatable bonds is 6. The van der Waals surface area contributed by atoms with E-state index in [0.717, 1.165) is 39.0 Å². The Hall–Kier alpha value is -4.91. The molecule has 0 unspecified atom stereocenters. The van der Waals surface area contributed by atoms with Crippen molar-refractivity contribution in [1.29, 1.82) is 0 Å². The number of fused-ring (bicyclic) bond motifs is 1. The monoisotopic (exact) mass is 488 g/mol. The highest BCUT2D eigenvalue weighted by atomic mass is 16.1. The Labute approximate surface area is 215 Å². The summed E-state index contributed by atoms with van der Waals surface area (Å²) < 4.78 is 1.96. The molecule has 0 aliphatic heterocycles. The second kappa shape index (κ2) is 10.4. The molecule has 0 fully saturated rings. The van der Waals surface area contributed by atoms with Crippen LogP contribution in [0.2, 0.25) is 0 Å². The highest BCUT2D eigenvalue weighted by Gasteiger charge is 2.08. The maximum Gasteiger partial charge on any atom is 0.255 e. The summed E-state index contributed by atoms with van der Waals surface area (Å²) in [6.07, 6.45) is 5.70. The van der Waals surface area contributed by atoms with E-state index < -0.39 is 0 Å². The van der Waals surface area contributed by atoms with Gasteiger partial charge in [0.1, 0.15) is 0 Å². The molecule has 2 aromatic heterocycles. The number of hydrogen-bond donors (Lipinski definition) is 2. The fourth-order valence-electron chi connectivity index (χ4n) is 3.92. The number of aryl methyl sites for hydroxylation is 1.